The van der Waals surface area contributed by atoms with Crippen molar-refractivity contribution in [2.45, 2.75) is 19.3 Å². The Balaban J connectivity index is 0.000000151. The molecule has 0 amide bonds. The molecule has 4 N–H and O–H groups in total. The topological polar surface area (TPSA) is 171 Å². The molecule has 4 aliphatic heterocycles. The molecule has 0 fully saturated rings. The van der Waals surface area contributed by atoms with Gasteiger partial charge in [-0.15, -0.1) is 44.9 Å². The van der Waals surface area contributed by atoms with E-state index in [1.165, 1.54) is 10.4 Å². The van der Waals surface area contributed by atoms with Crippen LogP contribution in [0.3, 0.4) is 0 Å². The summed E-state index contributed by atoms with van der Waals surface area (Å²) in [5, 5.41) is 45.2. The summed E-state index contributed by atoms with van der Waals surface area (Å²) in [5.74, 6) is 5.91. The molecule has 15 aromatic rings. The van der Waals surface area contributed by atoms with Crippen LogP contribution in [0, 0.1) is 50.9 Å². The van der Waals surface area contributed by atoms with E-state index < -0.39 is 8.07 Å². The average Bonchev–Trinajstić information content (AvgIpc) is 0.799. The molecule has 0 bridgehead atoms. The molecule has 19 rings (SSSR count). The monoisotopic (exact) mass is 2360 g/mol. The van der Waals surface area contributed by atoms with Gasteiger partial charge in [0.1, 0.15) is 52.1 Å². The standard InChI is InChI=1S/C32H25N3OSi.C26H20N4O.C23H21N3O.C20H15N3O2.4Pt/c36-30-20-11-10-19-29(30)34-23-24-35(25-34)31-21-12-22-32(33-31)37(26-13-4-1-5-14-26,27-15-6-2-7-16-27)28-17-8-3-9-18-28;31-24-15-8-7-14-23(24)28-18-19-29(20-28)25-16-9-17-26(27-25)30(21-10-3-1-4-11-21)22-12-5-2-6-13-22;1-23(2,18-9-4-3-5-10-18)21-13-8-14-22(24-21)26-16-15-25(17-26)19-11-6-7-12-20(19)27;24-18-10-5-4-9-17(18)22-13-14-23(15-22)19-11-6-12-20(21-19)25-16-7-2-1-3-8-16;;;;/h1-17,19-25,36H;1-12,14-20,31H;3-9,11-17,27H,1-2H3;1-7,9-15,24H;;;;/q4*-2;4*+2. The van der Waals surface area contributed by atoms with Crippen LogP contribution in [0.15, 0.2) is 408 Å². The number of nitrogens with zero attached hydrogens (tertiary/aromatic N) is 13. The van der Waals surface area contributed by atoms with Crippen LogP contribution in [0.4, 0.5) is 63.2 Å². The molecule has 624 valence electrons. The van der Waals surface area contributed by atoms with Gasteiger partial charge in [0.25, 0.3) is 0 Å². The summed E-state index contributed by atoms with van der Waals surface area (Å²) >= 11 is 0. The first-order valence-corrected chi connectivity index (χ1v) is 40.8. The van der Waals surface area contributed by atoms with Crippen molar-refractivity contribution in [2.75, 3.05) is 44.1 Å². The molecular weight excluding hydrogens is 2280 g/mol. The zero-order valence-electron chi connectivity index (χ0n) is 66.8. The number of phenols is 4. The first kappa shape index (κ1) is 90.4. The van der Waals surface area contributed by atoms with E-state index in [9.17, 15) is 20.4 Å². The second kappa shape index (κ2) is 42.8. The van der Waals surface area contributed by atoms with Crippen LogP contribution in [0.1, 0.15) is 25.1 Å². The van der Waals surface area contributed by atoms with Crippen LogP contribution in [0.5, 0.6) is 34.6 Å². The van der Waals surface area contributed by atoms with E-state index in [2.05, 4.69) is 151 Å². The number of rotatable bonds is 19. The summed E-state index contributed by atoms with van der Waals surface area (Å²) in [6.45, 7) is 11.9. The van der Waals surface area contributed by atoms with Gasteiger partial charge in [0.05, 0.1) is 28.4 Å². The Bertz CT molecular complexity index is 5930. The molecule has 4 aromatic heterocycles. The van der Waals surface area contributed by atoms with Crippen molar-refractivity contribution in [3.63, 3.8) is 0 Å². The molecule has 0 unspecified atom stereocenters. The van der Waals surface area contributed by atoms with E-state index in [0.717, 1.165) is 62.1 Å². The Morgan fingerprint density at radius 2 is 0.702 bits per heavy atom. The Morgan fingerprint density at radius 1 is 0.323 bits per heavy atom. The molecule has 0 atom stereocenters. The minimum absolute atomic E-state index is 0. The predicted octanol–water partition coefficient (Wildman–Crippen LogP) is 19.0. The number of aromatic nitrogens is 4. The number of phenolic OH excluding ortho intramolecular Hbond substituents is 4. The molecule has 18 nitrogen and oxygen atoms in total. The quantitative estimate of drug-likeness (QED) is 0.0342. The minimum atomic E-state index is -2.76. The number of ether oxygens (including phenoxy) is 1. The summed E-state index contributed by atoms with van der Waals surface area (Å²) in [4.78, 5) is 36.9. The second-order valence-corrected chi connectivity index (χ2v) is 31.9. The Morgan fingerprint density at radius 3 is 1.15 bits per heavy atom. The number of aromatic hydroxyl groups is 4. The third kappa shape index (κ3) is 20.9. The van der Waals surface area contributed by atoms with Gasteiger partial charge in [0.2, 0.25) is 5.88 Å². The van der Waals surface area contributed by atoms with E-state index in [0.29, 0.717) is 34.5 Å². The predicted molar refractivity (Wildman–Crippen MR) is 482 cm³/mol. The largest absolute Gasteiger partial charge is 2.00 e. The van der Waals surface area contributed by atoms with Crippen molar-refractivity contribution >= 4 is 92.2 Å². The average molecular weight is 2370 g/mol. The van der Waals surface area contributed by atoms with Gasteiger partial charge >= 0.3 is 84.3 Å². The number of para-hydroxylation sites is 11. The van der Waals surface area contributed by atoms with Gasteiger partial charge in [-0.2, -0.15) is 119 Å². The van der Waals surface area contributed by atoms with E-state index in [-0.39, 0.29) is 113 Å². The van der Waals surface area contributed by atoms with Gasteiger partial charge in [-0.3, -0.25) is 0 Å². The second-order valence-electron chi connectivity index (χ2n) is 28.2. The number of hydrogen-bond donors (Lipinski definition) is 4. The maximum Gasteiger partial charge on any atom is 2.00 e. The number of hydrogen-bond acceptors (Lipinski definition) is 18. The fourth-order valence-corrected chi connectivity index (χ4v) is 18.6. The molecule has 11 aromatic carbocycles. The van der Waals surface area contributed by atoms with E-state index in [1.54, 1.807) is 48.5 Å². The van der Waals surface area contributed by atoms with Crippen LogP contribution < -0.4 is 69.7 Å². The molecule has 0 saturated carbocycles. The smallest absolute Gasteiger partial charge is 0.506 e. The zero-order valence-corrected chi connectivity index (χ0v) is 76.9. The van der Waals surface area contributed by atoms with Crippen molar-refractivity contribution in [3.05, 3.63) is 470 Å². The maximum atomic E-state index is 10.3. The fourth-order valence-electron chi connectivity index (χ4n) is 14.1. The number of anilines is 11. The molecule has 8 heterocycles. The first-order valence-electron chi connectivity index (χ1n) is 38.8. The van der Waals surface area contributed by atoms with Gasteiger partial charge < -0.3 is 69.3 Å². The van der Waals surface area contributed by atoms with Gasteiger partial charge in [0, 0.05) is 28.2 Å². The summed E-state index contributed by atoms with van der Waals surface area (Å²) in [5.41, 5.74) is 6.60. The first-order chi connectivity index (χ1) is 58.9. The van der Waals surface area contributed by atoms with Crippen LogP contribution >= 0.6 is 0 Å². The Kier molecular flexibility index (Phi) is 31.2. The number of benzene rings is 11. The molecule has 0 saturated heterocycles. The molecule has 124 heavy (non-hydrogen) atoms. The summed E-state index contributed by atoms with van der Waals surface area (Å²) in [6.07, 6.45) is 15.3. The summed E-state index contributed by atoms with van der Waals surface area (Å²) < 4.78 is 5.72. The van der Waals surface area contributed by atoms with Crippen LogP contribution in [0.2, 0.25) is 0 Å². The molecule has 0 aliphatic carbocycles. The van der Waals surface area contributed by atoms with Gasteiger partial charge in [0.15, 0.2) is 8.07 Å². The van der Waals surface area contributed by atoms with Crippen molar-refractivity contribution in [3.8, 4) is 34.6 Å². The van der Waals surface area contributed by atoms with Crippen molar-refractivity contribution in [1.29, 1.82) is 0 Å². The van der Waals surface area contributed by atoms with Gasteiger partial charge in [-0.05, 0) is 163 Å². The van der Waals surface area contributed by atoms with E-state index in [4.69, 9.17) is 19.7 Å². The van der Waals surface area contributed by atoms with Gasteiger partial charge in [-0.1, -0.05) is 171 Å². The SMILES string of the molecule is CC(C)(c1[c-]cccc1)c1cccc(N2C=CN(c3ccccc3O)[CH-]2)n1.Oc1ccccc1N1C=CN(c2cccc(N(c3[c-]cccc3)c3ccccc3)n2)[CH-]1.Oc1ccccc1N1C=CN(c2cccc(Oc3[c-]cccc3)n2)[CH-]1.Oc1ccccc1N1C=CN(c2cccc([Si](c3[c-]cccc3)(c3ccccc3)c3ccccc3)n2)[CH-]1.[Pt+2].[Pt+2].[Pt+2].[Pt+2]. The van der Waals surface area contributed by atoms with E-state index in [1.807, 2.05) is 322 Å². The minimum Gasteiger partial charge on any atom is -0.506 e. The molecule has 4 aliphatic rings. The third-order valence-electron chi connectivity index (χ3n) is 20.1. The molecule has 23 heteroatoms. The van der Waals surface area contributed by atoms with Crippen molar-refractivity contribution in [1.82, 2.24) is 19.9 Å². The van der Waals surface area contributed by atoms with Crippen LogP contribution in [0.25, 0.3) is 0 Å². The molecular formula is C101H81N13O5Pt4Si. The fraction of sp³-hybridized carbons (Fsp3) is 0.0297. The van der Waals surface area contributed by atoms with Gasteiger partial charge in [-0.25, -0.2) is 15.0 Å². The summed E-state index contributed by atoms with van der Waals surface area (Å²) in [6, 6.07) is 129. The molecule has 0 spiro atoms. The normalized spacial score (nSPS) is 12.9. The van der Waals surface area contributed by atoms with E-state index >= 15 is 0 Å². The Hall–Kier alpha value is -12.8. The maximum absolute atomic E-state index is 10.3. The third-order valence-corrected chi connectivity index (χ3v) is 24.7. The van der Waals surface area contributed by atoms with Crippen molar-refractivity contribution in [2.24, 2.45) is 0 Å². The number of pyridine rings is 4. The van der Waals surface area contributed by atoms with Crippen molar-refractivity contribution < 1.29 is 109 Å². The summed E-state index contributed by atoms with van der Waals surface area (Å²) in [7, 11) is -2.76. The van der Waals surface area contributed by atoms with Crippen LogP contribution in [-0.4, -0.2) is 48.4 Å². The zero-order chi connectivity index (χ0) is 82.0. The Labute approximate surface area is 782 Å². The van der Waals surface area contributed by atoms with Crippen LogP contribution in [-0.2, 0) is 89.7 Å². The molecule has 0 radical (unpaired) electrons.